The predicted molar refractivity (Wildman–Crippen MR) is 126 cm³/mol. The van der Waals surface area contributed by atoms with E-state index >= 15 is 0 Å². The monoisotopic (exact) mass is 474 g/mol. The van der Waals surface area contributed by atoms with Crippen molar-refractivity contribution >= 4 is 23.3 Å². The molecular formula is C23H26N2O7S. The fourth-order valence-electron chi connectivity index (χ4n) is 3.20. The van der Waals surface area contributed by atoms with Gasteiger partial charge in [0.15, 0.2) is 11.5 Å². The maximum Gasteiger partial charge on any atom is 0.411 e. The Bertz CT molecular complexity index is 1080. The van der Waals surface area contributed by atoms with Gasteiger partial charge in [-0.25, -0.2) is 4.79 Å². The lowest BCUT2D eigenvalue weighted by atomic mass is 10.0. The van der Waals surface area contributed by atoms with Crippen molar-refractivity contribution in [2.24, 2.45) is 0 Å². The van der Waals surface area contributed by atoms with Gasteiger partial charge in [0, 0.05) is 24.4 Å². The molecule has 2 aromatic carbocycles. The largest absolute Gasteiger partial charge is 0.495 e. The number of rotatable bonds is 10. The number of aromatic nitrogens is 1. The van der Waals surface area contributed by atoms with Gasteiger partial charge in [-0.1, -0.05) is 6.07 Å². The summed E-state index contributed by atoms with van der Waals surface area (Å²) in [6, 6.07) is 9.21. The van der Waals surface area contributed by atoms with Crippen LogP contribution in [0.25, 0.3) is 21.6 Å². The van der Waals surface area contributed by atoms with Crippen molar-refractivity contribution in [3.8, 4) is 44.6 Å². The summed E-state index contributed by atoms with van der Waals surface area (Å²) in [5.74, 6) is 2.10. The van der Waals surface area contributed by atoms with E-state index in [1.807, 2.05) is 24.3 Å². The molecule has 0 fully saturated rings. The zero-order chi connectivity index (χ0) is 23.8. The van der Waals surface area contributed by atoms with Gasteiger partial charge in [-0.15, -0.1) is 0 Å². The molecule has 10 heteroatoms. The molecule has 0 aliphatic heterocycles. The van der Waals surface area contributed by atoms with Crippen molar-refractivity contribution in [1.29, 1.82) is 0 Å². The lowest BCUT2D eigenvalue weighted by Gasteiger charge is -2.15. The first kappa shape index (κ1) is 24.1. The summed E-state index contributed by atoms with van der Waals surface area (Å²) in [5, 5.41) is 2.72. The SMILES string of the molecule is COCCOC(=O)Nc1cc(-c2cnsc2-c2cc(OC)c(OC)c(OC)c2)ccc1OC. The fraction of sp³-hybridized carbons (Fsp3) is 0.304. The first-order valence-electron chi connectivity index (χ1n) is 9.92. The minimum absolute atomic E-state index is 0.143. The molecule has 0 spiro atoms. The summed E-state index contributed by atoms with van der Waals surface area (Å²) in [6.07, 6.45) is 1.17. The van der Waals surface area contributed by atoms with Gasteiger partial charge in [0.2, 0.25) is 5.75 Å². The highest BCUT2D eigenvalue weighted by Crippen LogP contribution is 2.45. The zero-order valence-corrected chi connectivity index (χ0v) is 19.9. The first-order chi connectivity index (χ1) is 16.1. The zero-order valence-electron chi connectivity index (χ0n) is 19.1. The molecule has 33 heavy (non-hydrogen) atoms. The quantitative estimate of drug-likeness (QED) is 0.422. The standard InChI is InChI=1S/C23H26N2O7S/c1-27-8-9-32-23(26)25-17-10-14(6-7-18(17)28-2)16-13-24-33-22(16)15-11-19(29-3)21(31-5)20(12-15)30-4/h6-7,10-13H,8-9H2,1-5H3,(H,25,26). The molecule has 1 aromatic heterocycles. The van der Waals surface area contributed by atoms with Crippen LogP contribution in [-0.4, -0.2) is 59.2 Å². The third-order valence-corrected chi connectivity index (χ3v) is 5.61. The van der Waals surface area contributed by atoms with E-state index in [0.717, 1.165) is 21.6 Å². The molecule has 9 nitrogen and oxygen atoms in total. The Kier molecular flexibility index (Phi) is 8.34. The van der Waals surface area contributed by atoms with Crippen molar-refractivity contribution in [3.63, 3.8) is 0 Å². The van der Waals surface area contributed by atoms with E-state index < -0.39 is 6.09 Å². The van der Waals surface area contributed by atoms with Gasteiger partial charge in [-0.2, -0.15) is 4.37 Å². The summed E-state index contributed by atoms with van der Waals surface area (Å²) in [5.41, 5.74) is 3.03. The lowest BCUT2D eigenvalue weighted by molar-refractivity contribution is 0.107. The maximum absolute atomic E-state index is 12.1. The number of methoxy groups -OCH3 is 5. The Morgan fingerprint density at radius 2 is 1.58 bits per heavy atom. The van der Waals surface area contributed by atoms with Crippen LogP contribution in [0.4, 0.5) is 10.5 Å². The van der Waals surface area contributed by atoms with Crippen LogP contribution in [0.1, 0.15) is 0 Å². The average molecular weight is 475 g/mol. The molecule has 0 bridgehead atoms. The van der Waals surface area contributed by atoms with Crippen molar-refractivity contribution in [1.82, 2.24) is 4.37 Å². The van der Waals surface area contributed by atoms with Crippen LogP contribution in [0.5, 0.6) is 23.0 Å². The number of hydrogen-bond donors (Lipinski definition) is 1. The van der Waals surface area contributed by atoms with Gasteiger partial charge in [0.25, 0.3) is 0 Å². The Morgan fingerprint density at radius 3 is 2.18 bits per heavy atom. The molecule has 0 saturated carbocycles. The van der Waals surface area contributed by atoms with Gasteiger partial charge >= 0.3 is 6.09 Å². The summed E-state index contributed by atoms with van der Waals surface area (Å²) in [6.45, 7) is 0.452. The lowest BCUT2D eigenvalue weighted by Crippen LogP contribution is -2.16. The number of benzene rings is 2. The summed E-state index contributed by atoms with van der Waals surface area (Å²) in [4.78, 5) is 13.0. The number of amides is 1. The fourth-order valence-corrected chi connectivity index (χ4v) is 3.96. The Balaban J connectivity index is 1.99. The molecule has 1 N–H and O–H groups in total. The van der Waals surface area contributed by atoms with Crippen molar-refractivity contribution in [2.45, 2.75) is 0 Å². The molecule has 0 aliphatic rings. The normalized spacial score (nSPS) is 10.5. The number of nitrogens with one attached hydrogen (secondary N) is 1. The molecule has 1 heterocycles. The Labute approximate surface area is 196 Å². The van der Waals surface area contributed by atoms with Crippen LogP contribution in [0, 0.1) is 0 Å². The Hall–Kier alpha value is -3.50. The van der Waals surface area contributed by atoms with E-state index in [4.69, 9.17) is 28.4 Å². The summed E-state index contributed by atoms with van der Waals surface area (Å²) >= 11 is 1.33. The van der Waals surface area contributed by atoms with Gasteiger partial charge in [0.1, 0.15) is 12.4 Å². The van der Waals surface area contributed by atoms with Gasteiger partial charge in [-0.05, 0) is 41.4 Å². The van der Waals surface area contributed by atoms with Crippen LogP contribution in [-0.2, 0) is 9.47 Å². The number of anilines is 1. The van der Waals surface area contributed by atoms with E-state index in [1.165, 1.54) is 25.8 Å². The molecular weight excluding hydrogens is 448 g/mol. The second-order valence-corrected chi connectivity index (χ2v) is 7.45. The third kappa shape index (κ3) is 5.47. The van der Waals surface area contributed by atoms with Crippen LogP contribution in [0.15, 0.2) is 36.5 Å². The molecule has 0 radical (unpaired) electrons. The number of ether oxygens (including phenoxy) is 6. The van der Waals surface area contributed by atoms with Crippen molar-refractivity contribution in [2.75, 3.05) is 54.1 Å². The molecule has 0 saturated heterocycles. The second kappa shape index (κ2) is 11.4. The van der Waals surface area contributed by atoms with Crippen LogP contribution in [0.3, 0.4) is 0 Å². The maximum atomic E-state index is 12.1. The number of carbonyl (C=O) groups is 1. The molecule has 0 atom stereocenters. The highest BCUT2D eigenvalue weighted by atomic mass is 32.1. The molecule has 0 unspecified atom stereocenters. The summed E-state index contributed by atoms with van der Waals surface area (Å²) in [7, 11) is 7.77. The molecule has 0 aliphatic carbocycles. The highest BCUT2D eigenvalue weighted by molar-refractivity contribution is 7.10. The topological polar surface area (TPSA) is 97.4 Å². The van der Waals surface area contributed by atoms with Gasteiger partial charge in [0.05, 0.1) is 45.6 Å². The van der Waals surface area contributed by atoms with Crippen molar-refractivity contribution in [3.05, 3.63) is 36.5 Å². The van der Waals surface area contributed by atoms with Crippen molar-refractivity contribution < 1.29 is 33.2 Å². The second-order valence-electron chi connectivity index (χ2n) is 6.65. The number of nitrogens with zero attached hydrogens (tertiary/aromatic N) is 1. The van der Waals surface area contributed by atoms with Crippen LogP contribution in [0.2, 0.25) is 0 Å². The minimum Gasteiger partial charge on any atom is -0.495 e. The Morgan fingerprint density at radius 1 is 0.879 bits per heavy atom. The molecule has 3 rings (SSSR count). The van der Waals surface area contributed by atoms with E-state index in [2.05, 4.69) is 9.69 Å². The minimum atomic E-state index is -0.601. The van der Waals surface area contributed by atoms with Gasteiger partial charge in [-0.3, -0.25) is 5.32 Å². The highest BCUT2D eigenvalue weighted by Gasteiger charge is 2.19. The molecule has 176 valence electrons. The molecule has 3 aromatic rings. The van der Waals surface area contributed by atoms with E-state index in [-0.39, 0.29) is 6.61 Å². The first-order valence-corrected chi connectivity index (χ1v) is 10.7. The van der Waals surface area contributed by atoms with E-state index in [0.29, 0.717) is 35.3 Å². The predicted octanol–water partition coefficient (Wildman–Crippen LogP) is 4.71. The van der Waals surface area contributed by atoms with Crippen LogP contribution >= 0.6 is 11.5 Å². The number of hydrogen-bond acceptors (Lipinski definition) is 9. The van der Waals surface area contributed by atoms with Gasteiger partial charge < -0.3 is 28.4 Å². The average Bonchev–Trinajstić information content (AvgIpc) is 3.33. The van der Waals surface area contributed by atoms with E-state index in [9.17, 15) is 4.79 Å². The van der Waals surface area contributed by atoms with E-state index in [1.54, 1.807) is 33.6 Å². The number of carbonyl (C=O) groups excluding carboxylic acids is 1. The van der Waals surface area contributed by atoms with Crippen LogP contribution < -0.4 is 24.3 Å². The smallest absolute Gasteiger partial charge is 0.411 e. The third-order valence-electron chi connectivity index (χ3n) is 4.77. The molecule has 1 amide bonds. The summed E-state index contributed by atoms with van der Waals surface area (Å²) < 4.78 is 36.2.